The van der Waals surface area contributed by atoms with Crippen LogP contribution in [0.5, 0.6) is 0 Å². The first kappa shape index (κ1) is 19.7. The van der Waals surface area contributed by atoms with E-state index in [9.17, 15) is 13.2 Å². The summed E-state index contributed by atoms with van der Waals surface area (Å²) in [4.78, 5) is 12.6. The lowest BCUT2D eigenvalue weighted by Gasteiger charge is -2.20. The largest absolute Gasteiger partial charge is 0.399 e. The number of anilines is 3. The lowest BCUT2D eigenvalue weighted by molar-refractivity contribution is 0.102. The van der Waals surface area contributed by atoms with Gasteiger partial charge in [0.1, 0.15) is 0 Å². The first-order valence-corrected chi connectivity index (χ1v) is 9.76. The molecule has 140 valence electrons. The zero-order chi connectivity index (χ0) is 19.3. The Hall–Kier alpha value is -2.58. The third-order valence-electron chi connectivity index (χ3n) is 4.02. The minimum absolute atomic E-state index is 0.132. The summed E-state index contributed by atoms with van der Waals surface area (Å²) < 4.78 is 26.8. The molecule has 0 spiro atoms. The highest BCUT2D eigenvalue weighted by Gasteiger charge is 2.23. The number of sulfonamides is 1. The molecule has 0 atom stereocenters. The number of rotatable bonds is 7. The number of benzene rings is 2. The third kappa shape index (κ3) is 4.14. The maximum absolute atomic E-state index is 12.7. The van der Waals surface area contributed by atoms with E-state index in [2.05, 4.69) is 10.6 Å². The molecule has 2 aromatic rings. The van der Waals surface area contributed by atoms with Gasteiger partial charge in [0.05, 0.1) is 16.3 Å². The van der Waals surface area contributed by atoms with Gasteiger partial charge >= 0.3 is 0 Å². The number of amides is 1. The molecule has 7 nitrogen and oxygen atoms in total. The van der Waals surface area contributed by atoms with Crippen molar-refractivity contribution in [3.8, 4) is 0 Å². The summed E-state index contributed by atoms with van der Waals surface area (Å²) >= 11 is 0. The molecule has 0 unspecified atom stereocenters. The number of hydrogen-bond acceptors (Lipinski definition) is 5. The summed E-state index contributed by atoms with van der Waals surface area (Å²) in [6.07, 6.45) is 0. The van der Waals surface area contributed by atoms with Gasteiger partial charge in [0.15, 0.2) is 0 Å². The minimum atomic E-state index is -3.62. The second kappa shape index (κ2) is 8.20. The first-order chi connectivity index (χ1) is 12.3. The Bertz CT molecular complexity index is 876. The average Bonchev–Trinajstić information content (AvgIpc) is 2.63. The second-order valence-electron chi connectivity index (χ2n) is 5.62. The number of nitrogen functional groups attached to an aromatic ring is 1. The fourth-order valence-electron chi connectivity index (χ4n) is 2.55. The topological polar surface area (TPSA) is 105 Å². The van der Waals surface area contributed by atoms with Crippen molar-refractivity contribution in [1.82, 2.24) is 4.31 Å². The normalized spacial score (nSPS) is 11.4. The van der Waals surface area contributed by atoms with E-state index in [-0.39, 0.29) is 10.8 Å². The molecule has 0 heterocycles. The van der Waals surface area contributed by atoms with Gasteiger partial charge in [-0.1, -0.05) is 13.8 Å². The van der Waals surface area contributed by atoms with Gasteiger partial charge in [-0.15, -0.1) is 0 Å². The predicted molar refractivity (Wildman–Crippen MR) is 105 cm³/mol. The second-order valence-corrected chi connectivity index (χ2v) is 7.56. The van der Waals surface area contributed by atoms with Gasteiger partial charge in [0, 0.05) is 31.4 Å². The lowest BCUT2D eigenvalue weighted by Crippen LogP contribution is -2.30. The van der Waals surface area contributed by atoms with E-state index in [0.29, 0.717) is 35.7 Å². The van der Waals surface area contributed by atoms with Crippen LogP contribution in [0.15, 0.2) is 47.4 Å². The smallest absolute Gasteiger partial charge is 0.255 e. The van der Waals surface area contributed by atoms with Crippen molar-refractivity contribution < 1.29 is 13.2 Å². The standard InChI is InChI=1S/C18H24N4O3S/c1-4-22(5-2)26(24,25)15-10-11-16(20-3)17(12-15)21-18(23)13-6-8-14(19)9-7-13/h6-12,20H,4-5,19H2,1-3H3,(H,21,23). The number of nitrogens with two attached hydrogens (primary N) is 1. The molecule has 0 radical (unpaired) electrons. The van der Waals surface area contributed by atoms with Crippen molar-refractivity contribution >= 4 is 33.0 Å². The van der Waals surface area contributed by atoms with E-state index in [0.717, 1.165) is 0 Å². The van der Waals surface area contributed by atoms with E-state index < -0.39 is 10.0 Å². The molecule has 0 aliphatic carbocycles. The van der Waals surface area contributed by atoms with E-state index in [1.54, 1.807) is 51.2 Å². The molecule has 26 heavy (non-hydrogen) atoms. The molecular weight excluding hydrogens is 352 g/mol. The van der Waals surface area contributed by atoms with Crippen molar-refractivity contribution in [1.29, 1.82) is 0 Å². The van der Waals surface area contributed by atoms with Crippen molar-refractivity contribution in [3.63, 3.8) is 0 Å². The van der Waals surface area contributed by atoms with Gasteiger partial charge in [-0.2, -0.15) is 4.31 Å². The Morgan fingerprint density at radius 2 is 1.65 bits per heavy atom. The molecule has 0 aliphatic heterocycles. The van der Waals surface area contributed by atoms with E-state index >= 15 is 0 Å². The summed E-state index contributed by atoms with van der Waals surface area (Å²) in [5, 5.41) is 5.71. The van der Waals surface area contributed by atoms with E-state index in [4.69, 9.17) is 5.73 Å². The fourth-order valence-corrected chi connectivity index (χ4v) is 4.03. The van der Waals surface area contributed by atoms with Crippen LogP contribution < -0.4 is 16.4 Å². The number of carbonyl (C=O) groups is 1. The maximum Gasteiger partial charge on any atom is 0.255 e. The summed E-state index contributed by atoms with van der Waals surface area (Å²) in [5.41, 5.74) is 7.63. The van der Waals surface area contributed by atoms with Crippen LogP contribution in [0.3, 0.4) is 0 Å². The van der Waals surface area contributed by atoms with Crippen molar-refractivity contribution in [2.75, 3.05) is 36.5 Å². The van der Waals surface area contributed by atoms with E-state index in [1.807, 2.05) is 0 Å². The Kier molecular flexibility index (Phi) is 6.23. The molecule has 1 amide bonds. The SMILES string of the molecule is CCN(CC)S(=O)(=O)c1ccc(NC)c(NC(=O)c2ccc(N)cc2)c1. The molecule has 0 saturated carbocycles. The molecule has 4 N–H and O–H groups in total. The molecule has 0 saturated heterocycles. The lowest BCUT2D eigenvalue weighted by atomic mass is 10.2. The average molecular weight is 376 g/mol. The number of nitrogens with zero attached hydrogens (tertiary/aromatic N) is 1. The molecule has 0 fully saturated rings. The highest BCUT2D eigenvalue weighted by molar-refractivity contribution is 7.89. The number of hydrogen-bond donors (Lipinski definition) is 3. The van der Waals surface area contributed by atoms with Gasteiger partial charge < -0.3 is 16.4 Å². The number of carbonyl (C=O) groups excluding carboxylic acids is 1. The molecular formula is C18H24N4O3S. The zero-order valence-electron chi connectivity index (χ0n) is 15.1. The summed E-state index contributed by atoms with van der Waals surface area (Å²) in [7, 11) is -1.92. The Morgan fingerprint density at radius 3 is 2.19 bits per heavy atom. The summed E-state index contributed by atoms with van der Waals surface area (Å²) in [6.45, 7) is 4.32. The van der Waals surface area contributed by atoms with Crippen LogP contribution in [-0.4, -0.2) is 38.8 Å². The van der Waals surface area contributed by atoms with Crippen LogP contribution in [0.4, 0.5) is 17.1 Å². The third-order valence-corrected chi connectivity index (χ3v) is 6.07. The van der Waals surface area contributed by atoms with Crippen LogP contribution in [0.25, 0.3) is 0 Å². The maximum atomic E-state index is 12.7. The Balaban J connectivity index is 2.38. The highest BCUT2D eigenvalue weighted by atomic mass is 32.2. The van der Waals surface area contributed by atoms with Crippen LogP contribution >= 0.6 is 0 Å². The van der Waals surface area contributed by atoms with Crippen LogP contribution in [0.1, 0.15) is 24.2 Å². The van der Waals surface area contributed by atoms with Gasteiger partial charge in [-0.25, -0.2) is 8.42 Å². The minimum Gasteiger partial charge on any atom is -0.399 e. The predicted octanol–water partition coefficient (Wildman–Crippen LogP) is 2.59. The van der Waals surface area contributed by atoms with Crippen molar-refractivity contribution in [2.45, 2.75) is 18.7 Å². The molecule has 8 heteroatoms. The number of nitrogens with one attached hydrogen (secondary N) is 2. The molecule has 2 aromatic carbocycles. The van der Waals surface area contributed by atoms with Crippen LogP contribution in [-0.2, 0) is 10.0 Å². The van der Waals surface area contributed by atoms with Gasteiger partial charge in [0.2, 0.25) is 10.0 Å². The van der Waals surface area contributed by atoms with Crippen LogP contribution in [0, 0.1) is 0 Å². The zero-order valence-corrected chi connectivity index (χ0v) is 15.9. The Labute approximate surface area is 154 Å². The fraction of sp³-hybridized carbons (Fsp3) is 0.278. The van der Waals surface area contributed by atoms with Crippen molar-refractivity contribution in [2.24, 2.45) is 0 Å². The van der Waals surface area contributed by atoms with Gasteiger partial charge in [0.25, 0.3) is 5.91 Å². The monoisotopic (exact) mass is 376 g/mol. The van der Waals surface area contributed by atoms with Crippen LogP contribution in [0.2, 0.25) is 0 Å². The summed E-state index contributed by atoms with van der Waals surface area (Å²) in [5.74, 6) is -0.348. The van der Waals surface area contributed by atoms with E-state index in [1.165, 1.54) is 16.4 Å². The van der Waals surface area contributed by atoms with Gasteiger partial charge in [-0.3, -0.25) is 4.79 Å². The van der Waals surface area contributed by atoms with Gasteiger partial charge in [-0.05, 0) is 42.5 Å². The Morgan fingerprint density at radius 1 is 1.04 bits per heavy atom. The molecule has 2 rings (SSSR count). The molecule has 0 bridgehead atoms. The molecule has 0 aromatic heterocycles. The molecule has 0 aliphatic rings. The summed E-state index contributed by atoms with van der Waals surface area (Å²) in [6, 6.07) is 11.1. The first-order valence-electron chi connectivity index (χ1n) is 8.32. The van der Waals surface area contributed by atoms with Crippen molar-refractivity contribution in [3.05, 3.63) is 48.0 Å². The highest BCUT2D eigenvalue weighted by Crippen LogP contribution is 2.27. The quantitative estimate of drug-likeness (QED) is 0.644.